The topological polar surface area (TPSA) is 114 Å². The molecule has 0 bridgehead atoms. The largest absolute Gasteiger partial charge is 0.449 e. The number of sulfonamides is 1. The van der Waals surface area contributed by atoms with Crippen molar-refractivity contribution in [3.05, 3.63) is 41.3 Å². The van der Waals surface area contributed by atoms with Gasteiger partial charge in [-0.3, -0.25) is 10.2 Å². The summed E-state index contributed by atoms with van der Waals surface area (Å²) in [4.78, 5) is 22.3. The predicted molar refractivity (Wildman–Crippen MR) is 85.3 cm³/mol. The molecule has 9 heteroatoms. The molecule has 126 valence electrons. The van der Waals surface area contributed by atoms with Crippen molar-refractivity contribution in [2.24, 2.45) is 0 Å². The highest BCUT2D eigenvalue weighted by Gasteiger charge is 2.08. The minimum absolute atomic E-state index is 0.0994. The smallest absolute Gasteiger partial charge is 0.426 e. The van der Waals surface area contributed by atoms with E-state index in [2.05, 4.69) is 14.9 Å². The second-order valence-electron chi connectivity index (χ2n) is 4.30. The molecule has 0 aliphatic rings. The van der Waals surface area contributed by atoms with Crippen LogP contribution >= 0.6 is 0 Å². The van der Waals surface area contributed by atoms with E-state index in [4.69, 9.17) is 0 Å². The Hall–Kier alpha value is -2.39. The Morgan fingerprint density at radius 3 is 2.52 bits per heavy atom. The fourth-order valence-corrected chi connectivity index (χ4v) is 2.26. The maximum Gasteiger partial charge on any atom is 0.426 e. The summed E-state index contributed by atoms with van der Waals surface area (Å²) in [5, 5.41) is 1.02. The molecule has 0 aromatic heterocycles. The van der Waals surface area contributed by atoms with Crippen molar-refractivity contribution in [3.63, 3.8) is 0 Å². The molecular weight excluding hydrogens is 322 g/mol. The maximum absolute atomic E-state index is 11.7. The van der Waals surface area contributed by atoms with Gasteiger partial charge in [0.15, 0.2) is 0 Å². The van der Waals surface area contributed by atoms with E-state index in [1.54, 1.807) is 31.2 Å². The van der Waals surface area contributed by atoms with Gasteiger partial charge >= 0.3 is 6.09 Å². The van der Waals surface area contributed by atoms with Gasteiger partial charge in [0.05, 0.1) is 6.61 Å². The highest BCUT2D eigenvalue weighted by Crippen LogP contribution is 2.02. The molecule has 0 heterocycles. The highest BCUT2D eigenvalue weighted by atomic mass is 32.2. The second-order valence-corrected chi connectivity index (χ2v) is 5.95. The Kier molecular flexibility index (Phi) is 7.78. The van der Waals surface area contributed by atoms with Crippen LogP contribution in [0.15, 0.2) is 35.7 Å². The first kappa shape index (κ1) is 18.7. The number of carbonyl (C=O) groups excluding carboxylic acids is 2. The van der Waals surface area contributed by atoms with Crippen LogP contribution < -0.4 is 15.6 Å². The van der Waals surface area contributed by atoms with Crippen molar-refractivity contribution in [1.82, 2.24) is 15.6 Å². The summed E-state index contributed by atoms with van der Waals surface area (Å²) in [6, 6.07) is 8.94. The fraction of sp³-hybridized carbons (Fsp3) is 0.286. The monoisotopic (exact) mass is 341 g/mol. The number of benzene rings is 1. The Morgan fingerprint density at radius 1 is 1.17 bits per heavy atom. The van der Waals surface area contributed by atoms with E-state index in [1.807, 2.05) is 11.5 Å². The van der Waals surface area contributed by atoms with E-state index in [-0.39, 0.29) is 19.6 Å². The maximum atomic E-state index is 11.7. The predicted octanol–water partition coefficient (Wildman–Crippen LogP) is 0.744. The van der Waals surface area contributed by atoms with Crippen molar-refractivity contribution in [2.75, 3.05) is 13.2 Å². The molecule has 0 saturated heterocycles. The van der Waals surface area contributed by atoms with E-state index in [0.29, 0.717) is 0 Å². The van der Waals surface area contributed by atoms with Gasteiger partial charge in [0, 0.05) is 18.4 Å². The number of hydrogen-bond acceptors (Lipinski definition) is 5. The Morgan fingerprint density at radius 2 is 1.87 bits per heavy atom. The highest BCUT2D eigenvalue weighted by molar-refractivity contribution is 7.92. The van der Waals surface area contributed by atoms with Gasteiger partial charge in [-0.05, 0) is 18.6 Å². The Balaban J connectivity index is 2.32. The van der Waals surface area contributed by atoms with E-state index in [9.17, 15) is 18.0 Å². The number of carbonyl (C=O) groups is 2. The van der Waals surface area contributed by atoms with E-state index < -0.39 is 22.0 Å². The summed E-state index contributed by atoms with van der Waals surface area (Å²) in [7, 11) is -3.64. The van der Waals surface area contributed by atoms with Crippen molar-refractivity contribution >= 4 is 28.1 Å². The van der Waals surface area contributed by atoms with Gasteiger partial charge in [-0.2, -0.15) is 0 Å². The summed E-state index contributed by atoms with van der Waals surface area (Å²) >= 11 is 0. The van der Waals surface area contributed by atoms with Crippen molar-refractivity contribution in [1.29, 1.82) is 0 Å². The molecule has 3 N–H and O–H groups in total. The van der Waals surface area contributed by atoms with Crippen LogP contribution in [0.5, 0.6) is 0 Å². The molecule has 0 atom stereocenters. The van der Waals surface area contributed by atoms with Gasteiger partial charge < -0.3 is 4.74 Å². The molecule has 0 radical (unpaired) electrons. The van der Waals surface area contributed by atoms with Crippen molar-refractivity contribution < 1.29 is 22.7 Å². The third-order valence-electron chi connectivity index (χ3n) is 2.47. The van der Waals surface area contributed by atoms with E-state index in [0.717, 1.165) is 11.0 Å². The van der Waals surface area contributed by atoms with E-state index >= 15 is 0 Å². The number of nitrogens with one attached hydrogen (secondary N) is 3. The Labute approximate surface area is 134 Å². The van der Waals surface area contributed by atoms with Crippen LogP contribution in [0.4, 0.5) is 4.79 Å². The van der Waals surface area contributed by atoms with Gasteiger partial charge in [0.2, 0.25) is 15.9 Å². The normalized spacial score (nSPS) is 11.2. The van der Waals surface area contributed by atoms with Crippen LogP contribution in [0, 0.1) is 0 Å². The number of hydrogen-bond donors (Lipinski definition) is 3. The summed E-state index contributed by atoms with van der Waals surface area (Å²) in [5.74, 6) is -0.548. The molecule has 0 unspecified atom stereocenters. The zero-order chi connectivity index (χ0) is 17.1. The van der Waals surface area contributed by atoms with Crippen molar-refractivity contribution in [2.45, 2.75) is 13.3 Å². The third-order valence-corrected chi connectivity index (χ3v) is 3.57. The molecule has 0 fully saturated rings. The van der Waals surface area contributed by atoms with Gasteiger partial charge in [-0.25, -0.2) is 23.4 Å². The first-order chi connectivity index (χ1) is 10.9. The molecule has 1 rings (SSSR count). The molecule has 23 heavy (non-hydrogen) atoms. The van der Waals surface area contributed by atoms with Crippen LogP contribution in [-0.4, -0.2) is 33.6 Å². The number of ether oxygens (including phenoxy) is 1. The lowest BCUT2D eigenvalue weighted by atomic mass is 10.2. The molecule has 8 nitrogen and oxygen atoms in total. The minimum atomic E-state index is -3.64. The first-order valence-electron chi connectivity index (χ1n) is 6.87. The molecule has 0 aliphatic heterocycles. The molecule has 0 aliphatic carbocycles. The van der Waals surface area contributed by atoms with Gasteiger partial charge in [-0.1, -0.05) is 30.3 Å². The van der Waals surface area contributed by atoms with Crippen LogP contribution in [0.25, 0.3) is 6.08 Å². The summed E-state index contributed by atoms with van der Waals surface area (Å²) in [6.45, 7) is 1.70. The number of amides is 2. The number of hydrazine groups is 1. The minimum Gasteiger partial charge on any atom is -0.449 e. The number of rotatable bonds is 7. The van der Waals surface area contributed by atoms with Crippen LogP contribution in [0.1, 0.15) is 18.9 Å². The van der Waals surface area contributed by atoms with E-state index in [1.165, 1.54) is 6.08 Å². The second kappa shape index (κ2) is 9.59. The molecule has 0 spiro atoms. The quantitative estimate of drug-likeness (QED) is 0.633. The fourth-order valence-electron chi connectivity index (χ4n) is 1.44. The molecule has 1 aromatic rings. The first-order valence-corrected chi connectivity index (χ1v) is 8.42. The SMILES string of the molecule is CCOC(=O)NNC(=O)CCNS(=O)(=O)/C=C/c1ccccc1. The average Bonchev–Trinajstić information content (AvgIpc) is 2.52. The molecule has 0 saturated carbocycles. The van der Waals surface area contributed by atoms with Gasteiger partial charge in [0.1, 0.15) is 0 Å². The van der Waals surface area contributed by atoms with Gasteiger partial charge in [-0.15, -0.1) is 0 Å². The molecule has 1 aromatic carbocycles. The van der Waals surface area contributed by atoms with Crippen LogP contribution in [0.2, 0.25) is 0 Å². The average molecular weight is 341 g/mol. The summed E-state index contributed by atoms with van der Waals surface area (Å²) in [5.41, 5.74) is 4.87. The molecule has 2 amide bonds. The lowest BCUT2D eigenvalue weighted by Crippen LogP contribution is -2.43. The molecular formula is C14H19N3O5S. The van der Waals surface area contributed by atoms with Gasteiger partial charge in [0.25, 0.3) is 0 Å². The van der Waals surface area contributed by atoms with Crippen molar-refractivity contribution in [3.8, 4) is 0 Å². The zero-order valence-electron chi connectivity index (χ0n) is 12.6. The third kappa shape index (κ3) is 8.59. The lowest BCUT2D eigenvalue weighted by molar-refractivity contribution is -0.121. The summed E-state index contributed by atoms with van der Waals surface area (Å²) in [6.07, 6.45) is 0.530. The lowest BCUT2D eigenvalue weighted by Gasteiger charge is -2.07. The summed E-state index contributed by atoms with van der Waals surface area (Å²) < 4.78 is 30.2. The van der Waals surface area contributed by atoms with Crippen LogP contribution in [-0.2, 0) is 19.6 Å². The standard InChI is InChI=1S/C14H19N3O5S/c1-2-22-14(19)17-16-13(18)8-10-15-23(20,21)11-9-12-6-4-3-5-7-12/h3-7,9,11,15H,2,8,10H2,1H3,(H,16,18)(H,17,19)/b11-9+. The van der Waals surface area contributed by atoms with Crippen LogP contribution in [0.3, 0.4) is 0 Å². The zero-order valence-corrected chi connectivity index (χ0v) is 13.4. The Bertz CT molecular complexity index is 644.